The molecule has 1 saturated carbocycles. The highest BCUT2D eigenvalue weighted by Crippen LogP contribution is 2.25. The lowest BCUT2D eigenvalue weighted by molar-refractivity contribution is -0.120. The van der Waals surface area contributed by atoms with Crippen molar-refractivity contribution in [2.45, 2.75) is 44.9 Å². The number of anilines is 1. The maximum absolute atomic E-state index is 13.0. The first-order chi connectivity index (χ1) is 9.16. The molecule has 0 radical (unpaired) electrons. The number of amides is 1. The van der Waals surface area contributed by atoms with E-state index in [9.17, 15) is 9.18 Å². The number of hydrogen-bond acceptors (Lipinski definition) is 1. The van der Waals surface area contributed by atoms with Gasteiger partial charge >= 0.3 is 0 Å². The Bertz CT molecular complexity index is 442. The number of rotatable bonds is 2. The zero-order valence-corrected chi connectivity index (χ0v) is 13.1. The van der Waals surface area contributed by atoms with Gasteiger partial charge in [0.2, 0.25) is 5.91 Å². The summed E-state index contributed by atoms with van der Waals surface area (Å²) in [5.41, 5.74) is 0.717. The Kier molecular flexibility index (Phi) is 5.60. The largest absolute Gasteiger partial charge is 0.325 e. The molecule has 1 amide bonds. The van der Waals surface area contributed by atoms with E-state index in [4.69, 9.17) is 0 Å². The quantitative estimate of drug-likeness (QED) is 0.744. The van der Waals surface area contributed by atoms with Gasteiger partial charge in [-0.05, 0) is 53.6 Å². The van der Waals surface area contributed by atoms with Crippen molar-refractivity contribution in [2.75, 3.05) is 5.32 Å². The Labute approximate surface area is 127 Å². The van der Waals surface area contributed by atoms with Gasteiger partial charge in [0.25, 0.3) is 0 Å². The van der Waals surface area contributed by atoms with E-state index in [1.807, 2.05) is 22.6 Å². The summed E-state index contributed by atoms with van der Waals surface area (Å²) in [6.07, 6.45) is 7.99. The van der Waals surface area contributed by atoms with Crippen LogP contribution in [-0.4, -0.2) is 5.91 Å². The SMILES string of the molecule is O=C(Nc1ccc(F)cc1I)C1CCCCCCC1. The summed E-state index contributed by atoms with van der Waals surface area (Å²) >= 11 is 2.05. The van der Waals surface area contributed by atoms with Gasteiger partial charge in [0, 0.05) is 9.49 Å². The number of carbonyl (C=O) groups is 1. The van der Waals surface area contributed by atoms with Crippen LogP contribution >= 0.6 is 22.6 Å². The van der Waals surface area contributed by atoms with E-state index >= 15 is 0 Å². The summed E-state index contributed by atoms with van der Waals surface area (Å²) in [6.45, 7) is 0. The molecule has 0 unspecified atom stereocenters. The number of nitrogens with one attached hydrogen (secondary N) is 1. The van der Waals surface area contributed by atoms with Crippen molar-refractivity contribution < 1.29 is 9.18 Å². The summed E-state index contributed by atoms with van der Waals surface area (Å²) in [6, 6.07) is 4.46. The van der Waals surface area contributed by atoms with Crippen LogP contribution in [-0.2, 0) is 4.79 Å². The maximum Gasteiger partial charge on any atom is 0.227 e. The Morgan fingerprint density at radius 3 is 2.42 bits per heavy atom. The number of benzene rings is 1. The molecule has 104 valence electrons. The van der Waals surface area contributed by atoms with E-state index in [2.05, 4.69) is 5.32 Å². The van der Waals surface area contributed by atoms with Crippen LogP contribution in [0, 0.1) is 15.3 Å². The number of halogens is 2. The van der Waals surface area contributed by atoms with Crippen molar-refractivity contribution in [1.29, 1.82) is 0 Å². The molecule has 0 spiro atoms. The van der Waals surface area contributed by atoms with Gasteiger partial charge in [0.05, 0.1) is 5.69 Å². The zero-order valence-electron chi connectivity index (χ0n) is 10.9. The van der Waals surface area contributed by atoms with Crippen LogP contribution in [0.2, 0.25) is 0 Å². The zero-order chi connectivity index (χ0) is 13.7. The molecule has 0 aliphatic heterocycles. The average Bonchev–Trinajstić information content (AvgIpc) is 2.32. The van der Waals surface area contributed by atoms with Crippen LogP contribution in [0.15, 0.2) is 18.2 Å². The summed E-state index contributed by atoms with van der Waals surface area (Å²) in [7, 11) is 0. The minimum absolute atomic E-state index is 0.0893. The Morgan fingerprint density at radius 2 is 1.79 bits per heavy atom. The Morgan fingerprint density at radius 1 is 1.16 bits per heavy atom. The van der Waals surface area contributed by atoms with E-state index in [-0.39, 0.29) is 17.6 Å². The van der Waals surface area contributed by atoms with Crippen molar-refractivity contribution >= 4 is 34.2 Å². The van der Waals surface area contributed by atoms with Crippen LogP contribution in [0.5, 0.6) is 0 Å². The van der Waals surface area contributed by atoms with Gasteiger partial charge in [-0.15, -0.1) is 0 Å². The summed E-state index contributed by atoms with van der Waals surface area (Å²) in [5.74, 6) is -0.0686. The molecule has 0 atom stereocenters. The molecule has 2 nitrogen and oxygen atoms in total. The molecule has 1 aliphatic rings. The normalized spacial score (nSPS) is 17.6. The minimum atomic E-state index is -0.270. The monoisotopic (exact) mass is 375 g/mol. The van der Waals surface area contributed by atoms with Gasteiger partial charge in [-0.1, -0.05) is 32.1 Å². The molecule has 19 heavy (non-hydrogen) atoms. The van der Waals surface area contributed by atoms with Crippen molar-refractivity contribution in [3.8, 4) is 0 Å². The highest BCUT2D eigenvalue weighted by molar-refractivity contribution is 14.1. The lowest BCUT2D eigenvalue weighted by Crippen LogP contribution is -2.24. The van der Waals surface area contributed by atoms with Crippen molar-refractivity contribution in [3.63, 3.8) is 0 Å². The molecule has 0 aromatic heterocycles. The van der Waals surface area contributed by atoms with E-state index in [1.54, 1.807) is 6.07 Å². The van der Waals surface area contributed by atoms with Gasteiger partial charge in [-0.2, -0.15) is 0 Å². The lowest BCUT2D eigenvalue weighted by atomic mass is 9.90. The smallest absolute Gasteiger partial charge is 0.227 e. The maximum atomic E-state index is 13.0. The number of carbonyl (C=O) groups excluding carboxylic acids is 1. The minimum Gasteiger partial charge on any atom is -0.325 e. The van der Waals surface area contributed by atoms with E-state index in [0.29, 0.717) is 5.69 Å². The fourth-order valence-electron chi connectivity index (χ4n) is 2.54. The molecule has 1 N–H and O–H groups in total. The molecule has 1 aromatic carbocycles. The third kappa shape index (κ3) is 4.44. The summed E-state index contributed by atoms with van der Waals surface area (Å²) in [4.78, 5) is 12.3. The fourth-order valence-corrected chi connectivity index (χ4v) is 3.16. The molecule has 2 rings (SSSR count). The first-order valence-electron chi connectivity index (χ1n) is 6.93. The first-order valence-corrected chi connectivity index (χ1v) is 8.00. The summed E-state index contributed by atoms with van der Waals surface area (Å²) in [5, 5.41) is 2.94. The van der Waals surface area contributed by atoms with Crippen molar-refractivity contribution in [2.24, 2.45) is 5.92 Å². The van der Waals surface area contributed by atoms with Crippen LogP contribution in [0.4, 0.5) is 10.1 Å². The van der Waals surface area contributed by atoms with Gasteiger partial charge in [0.15, 0.2) is 0 Å². The molecule has 1 fully saturated rings. The van der Waals surface area contributed by atoms with E-state index in [0.717, 1.165) is 29.3 Å². The Balaban J connectivity index is 1.98. The molecule has 1 aliphatic carbocycles. The second kappa shape index (κ2) is 7.22. The van der Waals surface area contributed by atoms with Gasteiger partial charge in [-0.3, -0.25) is 4.79 Å². The van der Waals surface area contributed by atoms with Gasteiger partial charge in [-0.25, -0.2) is 4.39 Å². The molecule has 4 heteroatoms. The second-order valence-corrected chi connectivity index (χ2v) is 6.32. The third-order valence-electron chi connectivity index (χ3n) is 3.66. The highest BCUT2D eigenvalue weighted by atomic mass is 127. The lowest BCUT2D eigenvalue weighted by Gasteiger charge is -2.19. The van der Waals surface area contributed by atoms with Crippen LogP contribution in [0.1, 0.15) is 44.9 Å². The standard InChI is InChI=1S/C15H19FINO/c16-12-8-9-14(13(17)10-12)18-15(19)11-6-4-2-1-3-5-7-11/h8-11H,1-7H2,(H,18,19). The fraction of sp³-hybridized carbons (Fsp3) is 0.533. The van der Waals surface area contributed by atoms with Gasteiger partial charge < -0.3 is 5.32 Å². The predicted molar refractivity (Wildman–Crippen MR) is 83.6 cm³/mol. The van der Waals surface area contributed by atoms with Crippen molar-refractivity contribution in [1.82, 2.24) is 0 Å². The topological polar surface area (TPSA) is 29.1 Å². The van der Waals surface area contributed by atoms with Gasteiger partial charge in [0.1, 0.15) is 5.82 Å². The highest BCUT2D eigenvalue weighted by Gasteiger charge is 2.20. The molecular weight excluding hydrogens is 356 g/mol. The average molecular weight is 375 g/mol. The third-order valence-corrected chi connectivity index (χ3v) is 4.56. The molecular formula is C15H19FINO. The molecule has 0 heterocycles. The summed E-state index contributed by atoms with van der Waals surface area (Å²) < 4.78 is 13.8. The van der Waals surface area contributed by atoms with Crippen molar-refractivity contribution in [3.05, 3.63) is 27.6 Å². The molecule has 0 bridgehead atoms. The van der Waals surface area contributed by atoms with Crippen LogP contribution in [0.3, 0.4) is 0 Å². The first kappa shape index (κ1) is 14.8. The second-order valence-electron chi connectivity index (χ2n) is 5.16. The number of hydrogen-bond donors (Lipinski definition) is 1. The van der Waals surface area contributed by atoms with Crippen LogP contribution < -0.4 is 5.32 Å². The molecule has 0 saturated heterocycles. The molecule has 1 aromatic rings. The van der Waals surface area contributed by atoms with Crippen LogP contribution in [0.25, 0.3) is 0 Å². The predicted octanol–water partition coefficient (Wildman–Crippen LogP) is 4.73. The van der Waals surface area contributed by atoms with E-state index in [1.165, 1.54) is 31.4 Å². The Hall–Kier alpha value is -0.650. The van der Waals surface area contributed by atoms with E-state index < -0.39 is 0 Å².